The molecule has 0 aliphatic carbocycles. The van der Waals surface area contributed by atoms with Gasteiger partial charge in [-0.1, -0.05) is 11.8 Å². The van der Waals surface area contributed by atoms with Gasteiger partial charge in [-0.15, -0.1) is 0 Å². The number of hydrogen-bond acceptors (Lipinski definition) is 3. The van der Waals surface area contributed by atoms with Gasteiger partial charge in [0.25, 0.3) is 0 Å². The van der Waals surface area contributed by atoms with Crippen LogP contribution in [0.2, 0.25) is 0 Å². The summed E-state index contributed by atoms with van der Waals surface area (Å²) in [4.78, 5) is 0. The summed E-state index contributed by atoms with van der Waals surface area (Å²) in [7, 11) is 0. The molecule has 0 aliphatic rings. The minimum absolute atomic E-state index is 0.0799. The molecule has 0 radical (unpaired) electrons. The van der Waals surface area contributed by atoms with E-state index in [1.54, 1.807) is 12.1 Å². The SMILES string of the molecule is Cc1cc(N)c(N)cc1C#CCCO. The Kier molecular flexibility index (Phi) is 3.38. The average Bonchev–Trinajstić information content (AvgIpc) is 2.14. The Hall–Kier alpha value is -1.66. The summed E-state index contributed by atoms with van der Waals surface area (Å²) in [6.45, 7) is 2.01. The van der Waals surface area contributed by atoms with Gasteiger partial charge < -0.3 is 16.6 Å². The lowest BCUT2D eigenvalue weighted by molar-refractivity contribution is 0.305. The molecule has 0 unspecified atom stereocenters. The maximum atomic E-state index is 8.57. The topological polar surface area (TPSA) is 72.3 Å². The summed E-state index contributed by atoms with van der Waals surface area (Å²) < 4.78 is 0. The standard InChI is InChI=1S/C11H14N2O/c1-8-6-10(12)11(13)7-9(8)4-2-3-5-14/h6-7,14H,3,5,12-13H2,1H3. The highest BCUT2D eigenvalue weighted by Gasteiger charge is 1.99. The fourth-order valence-electron chi connectivity index (χ4n) is 1.10. The van der Waals surface area contributed by atoms with Gasteiger partial charge in [-0.3, -0.25) is 0 Å². The molecule has 14 heavy (non-hydrogen) atoms. The third-order valence-corrected chi connectivity index (χ3v) is 1.89. The lowest BCUT2D eigenvalue weighted by atomic mass is 10.1. The van der Waals surface area contributed by atoms with E-state index in [4.69, 9.17) is 16.6 Å². The summed E-state index contributed by atoms with van der Waals surface area (Å²) in [5.41, 5.74) is 14.3. The van der Waals surface area contributed by atoms with Gasteiger partial charge in [0.1, 0.15) is 0 Å². The molecule has 74 valence electrons. The number of aryl methyl sites for hydroxylation is 1. The Morgan fingerprint density at radius 2 is 1.93 bits per heavy atom. The maximum absolute atomic E-state index is 8.57. The van der Waals surface area contributed by atoms with E-state index in [-0.39, 0.29) is 6.61 Å². The van der Waals surface area contributed by atoms with Crippen molar-refractivity contribution in [2.75, 3.05) is 18.1 Å². The van der Waals surface area contributed by atoms with Crippen LogP contribution in [0.15, 0.2) is 12.1 Å². The van der Waals surface area contributed by atoms with Gasteiger partial charge in [0.15, 0.2) is 0 Å². The van der Waals surface area contributed by atoms with Crippen LogP contribution >= 0.6 is 0 Å². The van der Waals surface area contributed by atoms with E-state index in [2.05, 4.69) is 11.8 Å². The summed E-state index contributed by atoms with van der Waals surface area (Å²) >= 11 is 0. The molecule has 3 nitrogen and oxygen atoms in total. The van der Waals surface area contributed by atoms with Crippen LogP contribution in [0.1, 0.15) is 17.5 Å². The molecule has 1 aromatic carbocycles. The molecule has 5 N–H and O–H groups in total. The number of aliphatic hydroxyl groups is 1. The van der Waals surface area contributed by atoms with E-state index in [1.807, 2.05) is 6.92 Å². The second kappa shape index (κ2) is 4.54. The van der Waals surface area contributed by atoms with Gasteiger partial charge in [-0.25, -0.2) is 0 Å². The fourth-order valence-corrected chi connectivity index (χ4v) is 1.10. The Morgan fingerprint density at radius 3 is 2.57 bits per heavy atom. The third kappa shape index (κ3) is 2.41. The highest BCUT2D eigenvalue weighted by Crippen LogP contribution is 2.19. The lowest BCUT2D eigenvalue weighted by Gasteiger charge is -2.03. The first-order valence-electron chi connectivity index (χ1n) is 4.40. The number of anilines is 2. The molecule has 0 bridgehead atoms. The van der Waals surface area contributed by atoms with Gasteiger partial charge in [-0.2, -0.15) is 0 Å². The molecule has 0 heterocycles. The zero-order valence-corrected chi connectivity index (χ0v) is 8.17. The summed E-state index contributed by atoms with van der Waals surface area (Å²) in [5, 5.41) is 8.57. The molecule has 0 saturated carbocycles. The fraction of sp³-hybridized carbons (Fsp3) is 0.273. The number of benzene rings is 1. The molecular formula is C11H14N2O. The van der Waals surface area contributed by atoms with Crippen molar-refractivity contribution in [2.45, 2.75) is 13.3 Å². The Bertz CT molecular complexity index is 388. The molecule has 0 atom stereocenters. The molecule has 0 spiro atoms. The highest BCUT2D eigenvalue weighted by atomic mass is 16.2. The molecule has 1 aromatic rings. The van der Waals surface area contributed by atoms with Crippen molar-refractivity contribution in [3.05, 3.63) is 23.3 Å². The van der Waals surface area contributed by atoms with Crippen LogP contribution in [0, 0.1) is 18.8 Å². The van der Waals surface area contributed by atoms with Crippen molar-refractivity contribution in [3.63, 3.8) is 0 Å². The Balaban J connectivity index is 3.00. The summed E-state index contributed by atoms with van der Waals surface area (Å²) in [6.07, 6.45) is 0.476. The lowest BCUT2D eigenvalue weighted by Crippen LogP contribution is -1.96. The monoisotopic (exact) mass is 190 g/mol. The van der Waals surface area contributed by atoms with Crippen molar-refractivity contribution in [1.29, 1.82) is 0 Å². The van der Waals surface area contributed by atoms with Crippen LogP contribution in [-0.2, 0) is 0 Å². The number of nitrogens with two attached hydrogens (primary N) is 2. The normalized spacial score (nSPS) is 9.29. The predicted octanol–water partition coefficient (Wildman–Crippen LogP) is 0.893. The molecule has 0 fully saturated rings. The summed E-state index contributed by atoms with van der Waals surface area (Å²) in [5.74, 6) is 5.78. The van der Waals surface area contributed by atoms with Crippen LogP contribution in [-0.4, -0.2) is 11.7 Å². The second-order valence-electron chi connectivity index (χ2n) is 3.07. The van der Waals surface area contributed by atoms with E-state index < -0.39 is 0 Å². The zero-order chi connectivity index (χ0) is 10.6. The number of rotatable bonds is 1. The van der Waals surface area contributed by atoms with Crippen LogP contribution < -0.4 is 11.5 Å². The highest BCUT2D eigenvalue weighted by molar-refractivity contribution is 5.67. The average molecular weight is 190 g/mol. The van der Waals surface area contributed by atoms with Gasteiger partial charge in [0.2, 0.25) is 0 Å². The smallest absolute Gasteiger partial charge is 0.0560 e. The van der Waals surface area contributed by atoms with Crippen molar-refractivity contribution >= 4 is 11.4 Å². The largest absolute Gasteiger partial charge is 0.397 e. The van der Waals surface area contributed by atoms with Crippen LogP contribution in [0.4, 0.5) is 11.4 Å². The van der Waals surface area contributed by atoms with Crippen molar-refractivity contribution in [2.24, 2.45) is 0 Å². The van der Waals surface area contributed by atoms with Crippen molar-refractivity contribution in [3.8, 4) is 11.8 Å². The maximum Gasteiger partial charge on any atom is 0.0560 e. The van der Waals surface area contributed by atoms with E-state index in [1.165, 1.54) is 0 Å². The van der Waals surface area contributed by atoms with Gasteiger partial charge in [0, 0.05) is 12.0 Å². The molecule has 1 rings (SSSR count). The van der Waals surface area contributed by atoms with E-state index in [9.17, 15) is 0 Å². The Morgan fingerprint density at radius 1 is 1.29 bits per heavy atom. The van der Waals surface area contributed by atoms with Crippen molar-refractivity contribution in [1.82, 2.24) is 0 Å². The van der Waals surface area contributed by atoms with Crippen LogP contribution in [0.3, 0.4) is 0 Å². The number of nitrogen functional groups attached to an aromatic ring is 2. The number of hydrogen-bond donors (Lipinski definition) is 3. The quantitative estimate of drug-likeness (QED) is 0.455. The van der Waals surface area contributed by atoms with Crippen LogP contribution in [0.5, 0.6) is 0 Å². The third-order valence-electron chi connectivity index (χ3n) is 1.89. The summed E-state index contributed by atoms with van der Waals surface area (Å²) in [6, 6.07) is 3.56. The molecular weight excluding hydrogens is 176 g/mol. The van der Waals surface area contributed by atoms with Crippen molar-refractivity contribution < 1.29 is 5.11 Å². The number of aliphatic hydroxyl groups excluding tert-OH is 1. The predicted molar refractivity (Wildman–Crippen MR) is 58.6 cm³/mol. The molecule has 0 saturated heterocycles. The second-order valence-corrected chi connectivity index (χ2v) is 3.07. The minimum Gasteiger partial charge on any atom is -0.397 e. The van der Waals surface area contributed by atoms with E-state index in [0.717, 1.165) is 11.1 Å². The van der Waals surface area contributed by atoms with Gasteiger partial charge in [0.05, 0.1) is 18.0 Å². The van der Waals surface area contributed by atoms with Gasteiger partial charge in [-0.05, 0) is 24.6 Å². The van der Waals surface area contributed by atoms with E-state index in [0.29, 0.717) is 17.8 Å². The first-order chi connectivity index (χ1) is 6.65. The zero-order valence-electron chi connectivity index (χ0n) is 8.17. The van der Waals surface area contributed by atoms with Gasteiger partial charge >= 0.3 is 0 Å². The molecule has 0 amide bonds. The molecule has 0 aliphatic heterocycles. The molecule has 0 aromatic heterocycles. The minimum atomic E-state index is 0.0799. The first-order valence-corrected chi connectivity index (χ1v) is 4.40. The first kappa shape index (κ1) is 10.4. The van der Waals surface area contributed by atoms with Crippen LogP contribution in [0.25, 0.3) is 0 Å². The van der Waals surface area contributed by atoms with E-state index >= 15 is 0 Å². The Labute approximate surface area is 83.7 Å². The molecule has 3 heteroatoms.